The van der Waals surface area contributed by atoms with Crippen LogP contribution < -0.4 is 9.64 Å². The number of anilines is 1. The Labute approximate surface area is 119 Å². The van der Waals surface area contributed by atoms with Crippen LogP contribution >= 0.6 is 0 Å². The van der Waals surface area contributed by atoms with E-state index in [1.165, 1.54) is 0 Å². The summed E-state index contributed by atoms with van der Waals surface area (Å²) in [6.07, 6.45) is -0.471. The average Bonchev–Trinajstić information content (AvgIpc) is 2.40. The van der Waals surface area contributed by atoms with Crippen LogP contribution in [0.1, 0.15) is 19.4 Å². The van der Waals surface area contributed by atoms with Crippen molar-refractivity contribution in [3.05, 3.63) is 23.8 Å². The van der Waals surface area contributed by atoms with E-state index in [0.717, 1.165) is 11.3 Å². The minimum absolute atomic E-state index is 0.102. The molecule has 0 bridgehead atoms. The van der Waals surface area contributed by atoms with E-state index in [1.54, 1.807) is 33.0 Å². The minimum atomic E-state index is -0.895. The standard InChI is InChI=1S/C15H21NO4/c1-10-6-7-12-11(8-10)16(9-13(18-4)19-5)14(17)15(2,3)20-12/h6-8,13H,9H2,1-5H3. The molecule has 2 rings (SSSR count). The van der Waals surface area contributed by atoms with Crippen molar-refractivity contribution in [2.45, 2.75) is 32.7 Å². The van der Waals surface area contributed by atoms with Gasteiger partial charge in [-0.25, -0.2) is 0 Å². The summed E-state index contributed by atoms with van der Waals surface area (Å²) in [5.74, 6) is 0.598. The number of amides is 1. The molecule has 1 aromatic carbocycles. The molecule has 0 saturated heterocycles. The Morgan fingerprint density at radius 1 is 1.30 bits per heavy atom. The molecule has 1 aliphatic rings. The third kappa shape index (κ3) is 2.64. The van der Waals surface area contributed by atoms with Crippen molar-refractivity contribution in [1.82, 2.24) is 0 Å². The molecule has 5 heteroatoms. The summed E-state index contributed by atoms with van der Waals surface area (Å²) in [6.45, 7) is 5.83. The molecule has 1 aliphatic heterocycles. The van der Waals surface area contributed by atoms with Crippen molar-refractivity contribution in [2.75, 3.05) is 25.7 Å². The van der Waals surface area contributed by atoms with Gasteiger partial charge in [0.1, 0.15) is 5.75 Å². The number of hydrogen-bond acceptors (Lipinski definition) is 4. The topological polar surface area (TPSA) is 48.0 Å². The van der Waals surface area contributed by atoms with Gasteiger partial charge in [0.05, 0.1) is 12.2 Å². The molecule has 0 saturated carbocycles. The number of benzene rings is 1. The molecule has 0 spiro atoms. The zero-order valence-corrected chi connectivity index (χ0v) is 12.6. The van der Waals surface area contributed by atoms with Crippen LogP contribution in [-0.2, 0) is 14.3 Å². The minimum Gasteiger partial charge on any atom is -0.476 e. The maximum Gasteiger partial charge on any atom is 0.270 e. The van der Waals surface area contributed by atoms with E-state index in [4.69, 9.17) is 14.2 Å². The first-order valence-corrected chi connectivity index (χ1v) is 6.56. The smallest absolute Gasteiger partial charge is 0.270 e. The van der Waals surface area contributed by atoms with Crippen molar-refractivity contribution in [3.63, 3.8) is 0 Å². The lowest BCUT2D eigenvalue weighted by Gasteiger charge is -2.39. The number of methoxy groups -OCH3 is 2. The van der Waals surface area contributed by atoms with Gasteiger partial charge in [-0.3, -0.25) is 4.79 Å². The van der Waals surface area contributed by atoms with Gasteiger partial charge in [-0.2, -0.15) is 0 Å². The molecule has 5 nitrogen and oxygen atoms in total. The maximum atomic E-state index is 12.6. The highest BCUT2D eigenvalue weighted by atomic mass is 16.7. The zero-order chi connectivity index (χ0) is 14.9. The SMILES string of the molecule is COC(CN1C(=O)C(C)(C)Oc2ccc(C)cc21)OC. The quantitative estimate of drug-likeness (QED) is 0.792. The lowest BCUT2D eigenvalue weighted by atomic mass is 10.0. The van der Waals surface area contributed by atoms with Crippen LogP contribution in [-0.4, -0.2) is 38.6 Å². The summed E-state index contributed by atoms with van der Waals surface area (Å²) in [7, 11) is 3.11. The van der Waals surface area contributed by atoms with E-state index < -0.39 is 11.9 Å². The van der Waals surface area contributed by atoms with Crippen LogP contribution in [0.25, 0.3) is 0 Å². The van der Waals surface area contributed by atoms with Crippen LogP contribution in [0.3, 0.4) is 0 Å². The Kier molecular flexibility index (Phi) is 4.01. The summed E-state index contributed by atoms with van der Waals surface area (Å²) in [4.78, 5) is 14.2. The van der Waals surface area contributed by atoms with Gasteiger partial charge in [0.2, 0.25) is 0 Å². The predicted molar refractivity (Wildman–Crippen MR) is 76.0 cm³/mol. The number of fused-ring (bicyclic) bond motifs is 1. The molecular formula is C15H21NO4. The third-order valence-corrected chi connectivity index (χ3v) is 3.39. The third-order valence-electron chi connectivity index (χ3n) is 3.39. The van der Waals surface area contributed by atoms with E-state index in [9.17, 15) is 4.79 Å². The first-order chi connectivity index (χ1) is 9.39. The van der Waals surface area contributed by atoms with Gasteiger partial charge in [-0.15, -0.1) is 0 Å². The van der Waals surface area contributed by atoms with E-state index in [-0.39, 0.29) is 5.91 Å². The van der Waals surface area contributed by atoms with E-state index in [1.807, 2.05) is 25.1 Å². The summed E-state index contributed by atoms with van der Waals surface area (Å²) in [5, 5.41) is 0. The fourth-order valence-corrected chi connectivity index (χ4v) is 2.25. The van der Waals surface area contributed by atoms with Gasteiger partial charge in [0.15, 0.2) is 11.9 Å². The molecule has 1 aromatic rings. The number of aryl methyl sites for hydroxylation is 1. The number of nitrogens with zero attached hydrogens (tertiary/aromatic N) is 1. The van der Waals surface area contributed by atoms with Crippen molar-refractivity contribution in [3.8, 4) is 5.75 Å². The number of carbonyl (C=O) groups excluding carboxylic acids is 1. The van der Waals surface area contributed by atoms with Crippen LogP contribution in [0.15, 0.2) is 18.2 Å². The molecule has 0 unspecified atom stereocenters. The monoisotopic (exact) mass is 279 g/mol. The van der Waals surface area contributed by atoms with E-state index in [2.05, 4.69) is 0 Å². The Morgan fingerprint density at radius 3 is 2.55 bits per heavy atom. The summed E-state index contributed by atoms with van der Waals surface area (Å²) in [6, 6.07) is 5.79. The second kappa shape index (κ2) is 5.42. The second-order valence-electron chi connectivity index (χ2n) is 5.40. The van der Waals surface area contributed by atoms with Gasteiger partial charge >= 0.3 is 0 Å². The average molecular weight is 279 g/mol. The molecule has 0 fully saturated rings. The highest BCUT2D eigenvalue weighted by Crippen LogP contribution is 2.38. The Hall–Kier alpha value is -1.59. The molecule has 0 atom stereocenters. The van der Waals surface area contributed by atoms with Crippen molar-refractivity contribution >= 4 is 11.6 Å². The van der Waals surface area contributed by atoms with Gasteiger partial charge in [0.25, 0.3) is 5.91 Å². The van der Waals surface area contributed by atoms with Gasteiger partial charge < -0.3 is 19.1 Å². The number of ether oxygens (including phenoxy) is 3. The summed E-state index contributed by atoms with van der Waals surface area (Å²) in [5.41, 5.74) is 0.929. The Balaban J connectivity index is 2.42. The normalized spacial score (nSPS) is 17.1. The number of hydrogen-bond donors (Lipinski definition) is 0. The van der Waals surface area contributed by atoms with Crippen LogP contribution in [0.4, 0.5) is 5.69 Å². The molecule has 0 N–H and O–H groups in total. The lowest BCUT2D eigenvalue weighted by Crippen LogP contribution is -2.54. The Bertz CT molecular complexity index is 509. The first kappa shape index (κ1) is 14.8. The van der Waals surface area contributed by atoms with Crippen LogP contribution in [0.5, 0.6) is 5.75 Å². The Morgan fingerprint density at radius 2 is 1.95 bits per heavy atom. The maximum absolute atomic E-state index is 12.6. The largest absolute Gasteiger partial charge is 0.476 e. The van der Waals surface area contributed by atoms with Crippen molar-refractivity contribution < 1.29 is 19.0 Å². The van der Waals surface area contributed by atoms with Crippen molar-refractivity contribution in [2.24, 2.45) is 0 Å². The fourth-order valence-electron chi connectivity index (χ4n) is 2.25. The molecule has 0 aromatic heterocycles. The zero-order valence-electron chi connectivity index (χ0n) is 12.6. The lowest BCUT2D eigenvalue weighted by molar-refractivity contribution is -0.136. The van der Waals surface area contributed by atoms with Crippen LogP contribution in [0, 0.1) is 6.92 Å². The highest BCUT2D eigenvalue weighted by molar-refractivity contribution is 6.02. The predicted octanol–water partition coefficient (Wildman–Crippen LogP) is 2.12. The van der Waals surface area contributed by atoms with Crippen molar-refractivity contribution in [1.29, 1.82) is 0 Å². The molecule has 20 heavy (non-hydrogen) atoms. The molecule has 0 aliphatic carbocycles. The molecule has 1 amide bonds. The summed E-state index contributed by atoms with van der Waals surface area (Å²) < 4.78 is 16.2. The van der Waals surface area contributed by atoms with E-state index in [0.29, 0.717) is 12.3 Å². The number of rotatable bonds is 4. The van der Waals surface area contributed by atoms with Gasteiger partial charge in [-0.1, -0.05) is 6.07 Å². The van der Waals surface area contributed by atoms with Gasteiger partial charge in [0, 0.05) is 14.2 Å². The van der Waals surface area contributed by atoms with Crippen LogP contribution in [0.2, 0.25) is 0 Å². The molecular weight excluding hydrogens is 258 g/mol. The fraction of sp³-hybridized carbons (Fsp3) is 0.533. The molecule has 110 valence electrons. The van der Waals surface area contributed by atoms with E-state index >= 15 is 0 Å². The highest BCUT2D eigenvalue weighted by Gasteiger charge is 2.41. The molecule has 1 heterocycles. The second-order valence-corrected chi connectivity index (χ2v) is 5.40. The summed E-state index contributed by atoms with van der Waals surface area (Å²) >= 11 is 0. The first-order valence-electron chi connectivity index (χ1n) is 6.56. The number of carbonyl (C=O) groups is 1. The van der Waals surface area contributed by atoms with Gasteiger partial charge in [-0.05, 0) is 38.5 Å². The molecule has 0 radical (unpaired) electrons.